The average Bonchev–Trinajstić information content (AvgIpc) is 2.83. The second-order valence-corrected chi connectivity index (χ2v) is 5.65. The molecule has 2 heterocycles. The lowest BCUT2D eigenvalue weighted by Crippen LogP contribution is -2.14. The summed E-state index contributed by atoms with van der Waals surface area (Å²) in [6.07, 6.45) is 1.45. The van der Waals surface area contributed by atoms with E-state index >= 15 is 0 Å². The Balaban J connectivity index is 0.00000225. The third-order valence-corrected chi connectivity index (χ3v) is 3.86. The first-order chi connectivity index (χ1) is 11.5. The van der Waals surface area contributed by atoms with Crippen LogP contribution in [0.1, 0.15) is 24.2 Å². The minimum Gasteiger partial charge on any atom is -0.323 e. The zero-order chi connectivity index (χ0) is 17.1. The van der Waals surface area contributed by atoms with Gasteiger partial charge < -0.3 is 10.6 Å². The van der Waals surface area contributed by atoms with Crippen LogP contribution in [0.5, 0.6) is 0 Å². The molecule has 0 radical (unpaired) electrons. The number of aromatic nitrogens is 2. The highest BCUT2D eigenvalue weighted by molar-refractivity contribution is 5.90. The Kier molecular flexibility index (Phi) is 6.44. The molecule has 0 bridgehead atoms. The molecule has 0 unspecified atom stereocenters. The van der Waals surface area contributed by atoms with Crippen LogP contribution >= 0.6 is 12.4 Å². The summed E-state index contributed by atoms with van der Waals surface area (Å²) in [5.74, 6) is -4.78. The van der Waals surface area contributed by atoms with Gasteiger partial charge in [0.25, 0.3) is 0 Å². The lowest BCUT2D eigenvalue weighted by molar-refractivity contribution is -0.116. The highest BCUT2D eigenvalue weighted by atomic mass is 35.5. The highest BCUT2D eigenvalue weighted by Crippen LogP contribution is 2.20. The number of aryl methyl sites for hydroxylation is 2. The monoisotopic (exact) mass is 374 g/mol. The summed E-state index contributed by atoms with van der Waals surface area (Å²) in [6.45, 7) is 2.51. The number of nitrogens with zero attached hydrogens (tertiary/aromatic N) is 2. The molecule has 25 heavy (non-hydrogen) atoms. The van der Waals surface area contributed by atoms with Crippen LogP contribution in [-0.4, -0.2) is 22.2 Å². The van der Waals surface area contributed by atoms with Gasteiger partial charge in [-0.25, -0.2) is 13.2 Å². The van der Waals surface area contributed by atoms with Gasteiger partial charge in [0.2, 0.25) is 5.91 Å². The van der Waals surface area contributed by atoms with Crippen LogP contribution in [0, 0.1) is 17.5 Å². The molecule has 2 N–H and O–H groups in total. The van der Waals surface area contributed by atoms with E-state index in [0.29, 0.717) is 6.42 Å². The lowest BCUT2D eigenvalue weighted by Gasteiger charge is -2.06. The lowest BCUT2D eigenvalue weighted by atomic mass is 10.2. The van der Waals surface area contributed by atoms with E-state index in [1.165, 1.54) is 0 Å². The van der Waals surface area contributed by atoms with Crippen LogP contribution in [-0.2, 0) is 24.3 Å². The van der Waals surface area contributed by atoms with Crippen molar-refractivity contribution in [1.29, 1.82) is 0 Å². The van der Waals surface area contributed by atoms with Crippen LogP contribution < -0.4 is 10.6 Å². The third kappa shape index (κ3) is 4.52. The maximum Gasteiger partial charge on any atom is 0.224 e. The second-order valence-electron chi connectivity index (χ2n) is 5.65. The molecule has 1 aliphatic heterocycles. The maximum atomic E-state index is 13.5. The van der Waals surface area contributed by atoms with Gasteiger partial charge >= 0.3 is 0 Å². The van der Waals surface area contributed by atoms with E-state index in [0.717, 1.165) is 49.6 Å². The van der Waals surface area contributed by atoms with Crippen molar-refractivity contribution in [3.8, 4) is 0 Å². The summed E-state index contributed by atoms with van der Waals surface area (Å²) in [5.41, 5.74) is 1.47. The predicted molar refractivity (Wildman–Crippen MR) is 89.1 cm³/mol. The predicted octanol–water partition coefficient (Wildman–Crippen LogP) is 2.79. The molecule has 1 aromatic heterocycles. The zero-order valence-corrected chi connectivity index (χ0v) is 14.1. The Morgan fingerprint density at radius 2 is 2.08 bits per heavy atom. The van der Waals surface area contributed by atoms with Crippen molar-refractivity contribution < 1.29 is 18.0 Å². The van der Waals surface area contributed by atoms with Gasteiger partial charge in [-0.15, -0.1) is 12.4 Å². The van der Waals surface area contributed by atoms with Crippen molar-refractivity contribution in [2.24, 2.45) is 0 Å². The summed E-state index contributed by atoms with van der Waals surface area (Å²) < 4.78 is 41.4. The topological polar surface area (TPSA) is 59.0 Å². The van der Waals surface area contributed by atoms with Gasteiger partial charge in [0.1, 0.15) is 0 Å². The van der Waals surface area contributed by atoms with Gasteiger partial charge in [0, 0.05) is 25.9 Å². The molecule has 9 heteroatoms. The van der Waals surface area contributed by atoms with Gasteiger partial charge in [-0.1, -0.05) is 0 Å². The summed E-state index contributed by atoms with van der Waals surface area (Å²) in [6, 6.07) is 3.70. The molecule has 0 aliphatic carbocycles. The number of halogens is 4. The van der Waals surface area contributed by atoms with Gasteiger partial charge in [0.15, 0.2) is 17.5 Å². The quantitative estimate of drug-likeness (QED) is 0.809. The number of amides is 1. The Labute approximate surface area is 149 Å². The SMILES string of the molecule is Cl.O=C(CCc1cc2n(n1)CCCNC2)Nc1ccc(F)c(F)c1F. The standard InChI is InChI=1S/C16H17F3N4O.ClH/c17-12-3-4-13(16(19)15(12)18)21-14(24)5-2-10-8-11-9-20-6-1-7-23(11)22-10;/h3-4,8,20H,1-2,5-7,9H2,(H,21,24);1H. The van der Waals surface area contributed by atoms with E-state index in [-0.39, 0.29) is 24.5 Å². The molecule has 0 saturated heterocycles. The van der Waals surface area contributed by atoms with Crippen molar-refractivity contribution in [1.82, 2.24) is 15.1 Å². The van der Waals surface area contributed by atoms with Crippen molar-refractivity contribution in [3.05, 3.63) is 47.0 Å². The number of rotatable bonds is 4. The largest absolute Gasteiger partial charge is 0.323 e. The zero-order valence-electron chi connectivity index (χ0n) is 13.3. The Hall–Kier alpha value is -2.06. The minimum atomic E-state index is -1.60. The first-order valence-corrected chi connectivity index (χ1v) is 7.74. The molecule has 0 fully saturated rings. The molecule has 136 valence electrons. The van der Waals surface area contributed by atoms with Crippen LogP contribution in [0.25, 0.3) is 0 Å². The molecule has 3 rings (SSSR count). The van der Waals surface area contributed by atoms with E-state index < -0.39 is 23.4 Å². The van der Waals surface area contributed by atoms with E-state index in [1.54, 1.807) is 0 Å². The summed E-state index contributed by atoms with van der Waals surface area (Å²) in [4.78, 5) is 11.9. The van der Waals surface area contributed by atoms with E-state index in [2.05, 4.69) is 15.7 Å². The van der Waals surface area contributed by atoms with Gasteiger partial charge in [-0.3, -0.25) is 9.48 Å². The Morgan fingerprint density at radius 1 is 1.28 bits per heavy atom. The highest BCUT2D eigenvalue weighted by Gasteiger charge is 2.16. The normalized spacial score (nSPS) is 13.6. The number of benzene rings is 1. The Morgan fingerprint density at radius 3 is 2.88 bits per heavy atom. The first kappa shape index (κ1) is 19.3. The molecule has 1 aliphatic rings. The number of carbonyl (C=O) groups excluding carboxylic acids is 1. The molecule has 0 spiro atoms. The summed E-state index contributed by atoms with van der Waals surface area (Å²) >= 11 is 0. The molecule has 2 aromatic rings. The molecule has 1 aromatic carbocycles. The van der Waals surface area contributed by atoms with Gasteiger partial charge in [-0.05, 0) is 31.2 Å². The number of nitrogens with one attached hydrogen (secondary N) is 2. The van der Waals surface area contributed by atoms with E-state index in [1.807, 2.05) is 10.7 Å². The van der Waals surface area contributed by atoms with Crippen molar-refractivity contribution in [3.63, 3.8) is 0 Å². The number of fused-ring (bicyclic) bond motifs is 1. The minimum absolute atomic E-state index is 0. The van der Waals surface area contributed by atoms with E-state index in [4.69, 9.17) is 0 Å². The second kappa shape index (κ2) is 8.35. The molecule has 5 nitrogen and oxygen atoms in total. The Bertz CT molecular complexity index is 743. The van der Waals surface area contributed by atoms with Crippen LogP contribution in [0.15, 0.2) is 18.2 Å². The number of hydrogen-bond acceptors (Lipinski definition) is 3. The van der Waals surface area contributed by atoms with Crippen LogP contribution in [0.3, 0.4) is 0 Å². The van der Waals surface area contributed by atoms with Gasteiger partial charge in [0.05, 0.1) is 17.1 Å². The molecule has 0 atom stereocenters. The van der Waals surface area contributed by atoms with Crippen molar-refractivity contribution in [2.45, 2.75) is 32.4 Å². The number of anilines is 1. The number of hydrogen-bond donors (Lipinski definition) is 2. The molecule has 0 saturated carbocycles. The maximum absolute atomic E-state index is 13.5. The summed E-state index contributed by atoms with van der Waals surface area (Å²) in [5, 5.41) is 9.98. The van der Waals surface area contributed by atoms with Crippen molar-refractivity contribution >= 4 is 24.0 Å². The molecular formula is C16H18ClF3N4O. The van der Waals surface area contributed by atoms with E-state index in [9.17, 15) is 18.0 Å². The fourth-order valence-corrected chi connectivity index (χ4v) is 2.62. The first-order valence-electron chi connectivity index (χ1n) is 7.74. The number of carbonyl (C=O) groups is 1. The van der Waals surface area contributed by atoms with Crippen LogP contribution in [0.4, 0.5) is 18.9 Å². The van der Waals surface area contributed by atoms with Gasteiger partial charge in [-0.2, -0.15) is 5.10 Å². The van der Waals surface area contributed by atoms with Crippen molar-refractivity contribution in [2.75, 3.05) is 11.9 Å². The fraction of sp³-hybridized carbons (Fsp3) is 0.375. The summed E-state index contributed by atoms with van der Waals surface area (Å²) in [7, 11) is 0. The average molecular weight is 375 g/mol. The fourth-order valence-electron chi connectivity index (χ4n) is 2.62. The van der Waals surface area contributed by atoms with Crippen LogP contribution in [0.2, 0.25) is 0 Å². The smallest absolute Gasteiger partial charge is 0.224 e. The molecule has 1 amide bonds. The third-order valence-electron chi connectivity index (χ3n) is 3.86. The molecular weight excluding hydrogens is 357 g/mol.